The fourth-order valence-electron chi connectivity index (χ4n) is 2.15. The second kappa shape index (κ2) is 7.97. The number of nitrogens with one attached hydrogen (secondary N) is 1. The SMILES string of the molecule is COc1ccc(C(=O)N/N=C(/C)c2ccc(OC)c([N+](=O)[O-])c2)c(O)c1. The predicted octanol–water partition coefficient (Wildman–Crippen LogP) is 2.47. The van der Waals surface area contributed by atoms with E-state index in [1.54, 1.807) is 13.0 Å². The topological polar surface area (TPSA) is 123 Å². The highest BCUT2D eigenvalue weighted by Gasteiger charge is 2.16. The molecule has 0 bridgehead atoms. The quantitative estimate of drug-likeness (QED) is 0.464. The molecule has 0 aliphatic rings. The average molecular weight is 359 g/mol. The maximum Gasteiger partial charge on any atom is 0.311 e. The van der Waals surface area contributed by atoms with E-state index in [2.05, 4.69) is 10.5 Å². The maximum absolute atomic E-state index is 12.1. The number of benzene rings is 2. The largest absolute Gasteiger partial charge is 0.507 e. The van der Waals surface area contributed by atoms with E-state index >= 15 is 0 Å². The maximum atomic E-state index is 12.1. The average Bonchev–Trinajstić information content (AvgIpc) is 2.64. The highest BCUT2D eigenvalue weighted by atomic mass is 16.6. The molecular formula is C17H17N3O6. The molecule has 0 unspecified atom stereocenters. The number of amides is 1. The molecule has 2 aromatic carbocycles. The lowest BCUT2D eigenvalue weighted by Gasteiger charge is -2.07. The van der Waals surface area contributed by atoms with Crippen LogP contribution in [0, 0.1) is 10.1 Å². The molecule has 0 heterocycles. The first-order valence-electron chi connectivity index (χ1n) is 7.41. The number of hydrazone groups is 1. The molecule has 0 saturated heterocycles. The van der Waals surface area contributed by atoms with Crippen molar-refractivity contribution in [2.45, 2.75) is 6.92 Å². The van der Waals surface area contributed by atoms with E-state index in [1.807, 2.05) is 0 Å². The molecule has 0 saturated carbocycles. The van der Waals surface area contributed by atoms with Crippen LogP contribution in [0.2, 0.25) is 0 Å². The fourth-order valence-corrected chi connectivity index (χ4v) is 2.15. The molecule has 0 radical (unpaired) electrons. The van der Waals surface area contributed by atoms with Crippen molar-refractivity contribution in [3.8, 4) is 17.2 Å². The van der Waals surface area contributed by atoms with Crippen LogP contribution in [0.25, 0.3) is 0 Å². The summed E-state index contributed by atoms with van der Waals surface area (Å²) in [6.07, 6.45) is 0. The first kappa shape index (κ1) is 18.7. The third-order valence-electron chi connectivity index (χ3n) is 3.57. The Hall–Kier alpha value is -3.62. The van der Waals surface area contributed by atoms with Crippen LogP contribution in [0.3, 0.4) is 0 Å². The molecule has 2 N–H and O–H groups in total. The number of phenols is 1. The number of nitro benzene ring substituents is 1. The van der Waals surface area contributed by atoms with Gasteiger partial charge in [-0.15, -0.1) is 0 Å². The van der Waals surface area contributed by atoms with Crippen LogP contribution < -0.4 is 14.9 Å². The molecular weight excluding hydrogens is 342 g/mol. The van der Waals surface area contributed by atoms with Gasteiger partial charge in [0.15, 0.2) is 5.75 Å². The lowest BCUT2D eigenvalue weighted by molar-refractivity contribution is -0.385. The molecule has 0 spiro atoms. The monoisotopic (exact) mass is 359 g/mol. The number of hydrogen-bond donors (Lipinski definition) is 2. The zero-order valence-corrected chi connectivity index (χ0v) is 14.3. The van der Waals surface area contributed by atoms with Crippen LogP contribution in [0.15, 0.2) is 41.5 Å². The second-order valence-corrected chi connectivity index (χ2v) is 5.16. The van der Waals surface area contributed by atoms with E-state index < -0.39 is 10.8 Å². The number of rotatable bonds is 6. The number of hydrogen-bond acceptors (Lipinski definition) is 7. The normalized spacial score (nSPS) is 11.0. The van der Waals surface area contributed by atoms with Crippen molar-refractivity contribution >= 4 is 17.3 Å². The minimum atomic E-state index is -0.632. The smallest absolute Gasteiger partial charge is 0.311 e. The molecule has 0 fully saturated rings. The van der Waals surface area contributed by atoms with Crippen LogP contribution in [-0.4, -0.2) is 35.9 Å². The van der Waals surface area contributed by atoms with Crippen molar-refractivity contribution in [2.75, 3.05) is 14.2 Å². The number of phenolic OH excluding ortho intramolecular Hbond substituents is 1. The Morgan fingerprint density at radius 2 is 1.92 bits per heavy atom. The van der Waals surface area contributed by atoms with Crippen molar-refractivity contribution in [3.05, 3.63) is 57.6 Å². The van der Waals surface area contributed by atoms with Crippen molar-refractivity contribution < 1.29 is 24.3 Å². The van der Waals surface area contributed by atoms with Gasteiger partial charge in [-0.1, -0.05) is 0 Å². The highest BCUT2D eigenvalue weighted by Crippen LogP contribution is 2.28. The van der Waals surface area contributed by atoms with Crippen molar-refractivity contribution in [3.63, 3.8) is 0 Å². The van der Waals surface area contributed by atoms with Crippen molar-refractivity contribution in [1.29, 1.82) is 0 Å². The molecule has 9 heteroatoms. The number of carbonyl (C=O) groups is 1. The number of aromatic hydroxyl groups is 1. The summed E-state index contributed by atoms with van der Waals surface area (Å²) in [4.78, 5) is 22.6. The molecule has 26 heavy (non-hydrogen) atoms. The van der Waals surface area contributed by atoms with Gasteiger partial charge in [-0.05, 0) is 31.2 Å². The summed E-state index contributed by atoms with van der Waals surface area (Å²) < 4.78 is 9.89. The van der Waals surface area contributed by atoms with Crippen LogP contribution >= 0.6 is 0 Å². The minimum absolute atomic E-state index is 0.0167. The van der Waals surface area contributed by atoms with Crippen LogP contribution in [-0.2, 0) is 0 Å². The lowest BCUT2D eigenvalue weighted by Crippen LogP contribution is -2.19. The van der Waals surface area contributed by atoms with Crippen molar-refractivity contribution in [2.24, 2.45) is 5.10 Å². The van der Waals surface area contributed by atoms with E-state index in [4.69, 9.17) is 9.47 Å². The number of ether oxygens (including phenoxy) is 2. The number of nitro groups is 1. The van der Waals surface area contributed by atoms with Gasteiger partial charge in [-0.2, -0.15) is 5.10 Å². The fraction of sp³-hybridized carbons (Fsp3) is 0.176. The van der Waals surface area contributed by atoms with Gasteiger partial charge in [-0.25, -0.2) is 5.43 Å². The van der Waals surface area contributed by atoms with Crippen LogP contribution in [0.1, 0.15) is 22.8 Å². The Bertz CT molecular complexity index is 879. The van der Waals surface area contributed by atoms with Gasteiger partial charge in [0.2, 0.25) is 0 Å². The number of carbonyl (C=O) groups excluding carboxylic acids is 1. The first-order valence-corrected chi connectivity index (χ1v) is 7.41. The first-order chi connectivity index (χ1) is 12.4. The van der Waals surface area contributed by atoms with Crippen molar-refractivity contribution in [1.82, 2.24) is 5.43 Å². The summed E-state index contributed by atoms with van der Waals surface area (Å²) >= 11 is 0. The van der Waals surface area contributed by atoms with Gasteiger partial charge in [0.1, 0.15) is 11.5 Å². The number of nitrogens with zero attached hydrogens (tertiary/aromatic N) is 2. The highest BCUT2D eigenvalue weighted by molar-refractivity contribution is 6.02. The van der Waals surface area contributed by atoms with E-state index in [1.165, 1.54) is 44.6 Å². The van der Waals surface area contributed by atoms with E-state index in [-0.39, 0.29) is 22.7 Å². The Morgan fingerprint density at radius 1 is 1.19 bits per heavy atom. The molecule has 0 aromatic heterocycles. The standard InChI is InChI=1S/C17H17N3O6/c1-10(11-4-7-16(26-3)14(8-11)20(23)24)18-19-17(22)13-6-5-12(25-2)9-15(13)21/h4-9,21H,1-3H3,(H,19,22)/b18-10-. The van der Waals surface area contributed by atoms with Gasteiger partial charge >= 0.3 is 5.69 Å². The van der Waals surface area contributed by atoms with Crippen LogP contribution in [0.4, 0.5) is 5.69 Å². The predicted molar refractivity (Wildman–Crippen MR) is 94.0 cm³/mol. The summed E-state index contributed by atoms with van der Waals surface area (Å²) in [5.41, 5.74) is 2.89. The summed E-state index contributed by atoms with van der Waals surface area (Å²) in [5.74, 6) is -0.356. The third kappa shape index (κ3) is 4.07. The second-order valence-electron chi connectivity index (χ2n) is 5.16. The number of methoxy groups -OCH3 is 2. The molecule has 0 aliphatic carbocycles. The molecule has 2 aromatic rings. The lowest BCUT2D eigenvalue weighted by atomic mass is 10.1. The molecule has 2 rings (SSSR count). The van der Waals surface area contributed by atoms with Gasteiger partial charge in [0.25, 0.3) is 5.91 Å². The molecule has 0 aliphatic heterocycles. The van der Waals surface area contributed by atoms with E-state index in [0.29, 0.717) is 17.0 Å². The zero-order chi connectivity index (χ0) is 19.3. The summed E-state index contributed by atoms with van der Waals surface area (Å²) in [6, 6.07) is 8.56. The molecule has 0 atom stereocenters. The third-order valence-corrected chi connectivity index (χ3v) is 3.57. The summed E-state index contributed by atoms with van der Waals surface area (Å²) in [7, 11) is 2.78. The van der Waals surface area contributed by atoms with Crippen LogP contribution in [0.5, 0.6) is 17.2 Å². The summed E-state index contributed by atoms with van der Waals surface area (Å²) in [6.45, 7) is 1.58. The Balaban J connectivity index is 2.21. The summed E-state index contributed by atoms with van der Waals surface area (Å²) in [5, 5.41) is 24.8. The molecule has 9 nitrogen and oxygen atoms in total. The van der Waals surface area contributed by atoms with E-state index in [0.717, 1.165) is 0 Å². The van der Waals surface area contributed by atoms with Gasteiger partial charge in [0, 0.05) is 17.7 Å². The Labute approximate surface area is 149 Å². The zero-order valence-electron chi connectivity index (χ0n) is 14.3. The Morgan fingerprint density at radius 3 is 2.50 bits per heavy atom. The van der Waals surface area contributed by atoms with Gasteiger partial charge in [0.05, 0.1) is 30.4 Å². The van der Waals surface area contributed by atoms with Gasteiger partial charge < -0.3 is 14.6 Å². The van der Waals surface area contributed by atoms with E-state index in [9.17, 15) is 20.0 Å². The van der Waals surface area contributed by atoms with Gasteiger partial charge in [-0.3, -0.25) is 14.9 Å². The minimum Gasteiger partial charge on any atom is -0.507 e. The Kier molecular flexibility index (Phi) is 5.74. The molecule has 1 amide bonds. The molecule has 136 valence electrons.